The quantitative estimate of drug-likeness (QED) is 0.357. The van der Waals surface area contributed by atoms with Gasteiger partial charge in [0, 0.05) is 10.2 Å². The van der Waals surface area contributed by atoms with Crippen molar-refractivity contribution in [3.05, 3.63) is 99.5 Å². The van der Waals surface area contributed by atoms with Crippen molar-refractivity contribution in [2.75, 3.05) is 5.32 Å². The first-order valence-electron chi connectivity index (χ1n) is 9.18. The highest BCUT2D eigenvalue weighted by atomic mass is 79.9. The Morgan fingerprint density at radius 1 is 1.06 bits per heavy atom. The molecule has 0 heterocycles. The Hall–Kier alpha value is -3.89. The molecular weight excluding hydrogens is 460 g/mol. The van der Waals surface area contributed by atoms with Gasteiger partial charge in [-0.1, -0.05) is 46.3 Å². The van der Waals surface area contributed by atoms with Gasteiger partial charge in [-0.15, -0.1) is 0 Å². The molecule has 0 fully saturated rings. The van der Waals surface area contributed by atoms with Crippen LogP contribution in [0.3, 0.4) is 0 Å². The molecule has 0 unspecified atom stereocenters. The largest absolute Gasteiger partial charge is 0.489 e. The van der Waals surface area contributed by atoms with E-state index < -0.39 is 11.9 Å². The van der Waals surface area contributed by atoms with Crippen molar-refractivity contribution >= 4 is 39.6 Å². The van der Waals surface area contributed by atoms with E-state index in [1.54, 1.807) is 60.7 Å². The Labute approximate surface area is 187 Å². The van der Waals surface area contributed by atoms with Crippen LogP contribution in [0.4, 0.5) is 5.69 Å². The van der Waals surface area contributed by atoms with Crippen molar-refractivity contribution < 1.29 is 19.4 Å². The van der Waals surface area contributed by atoms with Gasteiger partial charge in [-0.3, -0.25) is 4.79 Å². The Morgan fingerprint density at radius 2 is 1.81 bits per heavy atom. The summed E-state index contributed by atoms with van der Waals surface area (Å²) in [6.45, 7) is 0.217. The van der Waals surface area contributed by atoms with Crippen LogP contribution < -0.4 is 10.1 Å². The number of carboxylic acids is 1. The highest BCUT2D eigenvalue weighted by Crippen LogP contribution is 2.19. The van der Waals surface area contributed by atoms with Crippen molar-refractivity contribution in [3.63, 3.8) is 0 Å². The first-order valence-corrected chi connectivity index (χ1v) is 9.98. The number of aromatic carboxylic acids is 1. The van der Waals surface area contributed by atoms with E-state index in [0.29, 0.717) is 17.0 Å². The van der Waals surface area contributed by atoms with Gasteiger partial charge in [0.1, 0.15) is 24.0 Å². The molecule has 0 atom stereocenters. The summed E-state index contributed by atoms with van der Waals surface area (Å²) in [5.41, 5.74) is 2.16. The van der Waals surface area contributed by atoms with E-state index in [9.17, 15) is 14.9 Å². The lowest BCUT2D eigenvalue weighted by Crippen LogP contribution is -2.13. The van der Waals surface area contributed by atoms with Crippen LogP contribution in [-0.4, -0.2) is 17.0 Å². The second-order valence-electron chi connectivity index (χ2n) is 6.50. The number of rotatable bonds is 7. The summed E-state index contributed by atoms with van der Waals surface area (Å²) in [5.74, 6) is -0.913. The molecule has 3 aromatic carbocycles. The molecule has 1 amide bonds. The van der Waals surface area contributed by atoms with Crippen LogP contribution in [0.15, 0.2) is 82.8 Å². The fourth-order valence-electron chi connectivity index (χ4n) is 2.70. The van der Waals surface area contributed by atoms with E-state index in [-0.39, 0.29) is 17.7 Å². The highest BCUT2D eigenvalue weighted by Gasteiger charge is 2.10. The standard InChI is InChI=1S/C24H17BrN2O4/c25-20-5-2-6-21(13-20)27-23(28)19(14-26)11-16-7-9-22(10-8-16)31-15-17-3-1-4-18(12-17)24(29)30/h1-13H,15H2,(H,27,28)(H,29,30)/b19-11-. The Balaban J connectivity index is 1.65. The van der Waals surface area contributed by atoms with E-state index in [0.717, 1.165) is 10.0 Å². The normalized spacial score (nSPS) is 10.8. The maximum absolute atomic E-state index is 12.4. The van der Waals surface area contributed by atoms with Gasteiger partial charge in [0.2, 0.25) is 0 Å². The number of benzene rings is 3. The van der Waals surface area contributed by atoms with E-state index >= 15 is 0 Å². The number of carbonyl (C=O) groups is 2. The number of hydrogen-bond donors (Lipinski definition) is 2. The zero-order valence-corrected chi connectivity index (χ0v) is 17.8. The maximum atomic E-state index is 12.4. The molecule has 7 heteroatoms. The van der Waals surface area contributed by atoms with Gasteiger partial charge in [0.15, 0.2) is 0 Å². The van der Waals surface area contributed by atoms with Crippen molar-refractivity contribution in [3.8, 4) is 11.8 Å². The second-order valence-corrected chi connectivity index (χ2v) is 7.41. The number of amides is 1. The molecule has 0 spiro atoms. The van der Waals surface area contributed by atoms with Gasteiger partial charge in [0.05, 0.1) is 5.56 Å². The third-order valence-corrected chi connectivity index (χ3v) is 4.71. The van der Waals surface area contributed by atoms with Gasteiger partial charge < -0.3 is 15.2 Å². The minimum Gasteiger partial charge on any atom is -0.489 e. The van der Waals surface area contributed by atoms with Gasteiger partial charge in [0.25, 0.3) is 5.91 Å². The van der Waals surface area contributed by atoms with Crippen LogP contribution in [0.2, 0.25) is 0 Å². The summed E-state index contributed by atoms with van der Waals surface area (Å²) < 4.78 is 6.51. The van der Waals surface area contributed by atoms with E-state index in [4.69, 9.17) is 9.84 Å². The molecule has 0 saturated heterocycles. The molecule has 6 nitrogen and oxygen atoms in total. The van der Waals surface area contributed by atoms with E-state index in [1.165, 1.54) is 12.1 Å². The fraction of sp³-hybridized carbons (Fsp3) is 0.0417. The fourth-order valence-corrected chi connectivity index (χ4v) is 3.10. The third kappa shape index (κ3) is 6.29. The number of ether oxygens (including phenoxy) is 1. The van der Waals surface area contributed by atoms with Crippen LogP contribution >= 0.6 is 15.9 Å². The SMILES string of the molecule is N#C/C(=C/c1ccc(OCc2cccc(C(=O)O)c2)cc1)C(=O)Nc1cccc(Br)c1. The number of nitriles is 1. The molecule has 0 bridgehead atoms. The molecule has 0 saturated carbocycles. The summed E-state index contributed by atoms with van der Waals surface area (Å²) in [4.78, 5) is 23.4. The Morgan fingerprint density at radius 3 is 2.48 bits per heavy atom. The van der Waals surface area contributed by atoms with Gasteiger partial charge in [-0.05, 0) is 59.7 Å². The molecule has 31 heavy (non-hydrogen) atoms. The summed E-state index contributed by atoms with van der Waals surface area (Å²) in [7, 11) is 0. The molecule has 2 N–H and O–H groups in total. The van der Waals surface area contributed by atoms with E-state index in [1.807, 2.05) is 12.1 Å². The lowest BCUT2D eigenvalue weighted by atomic mass is 10.1. The smallest absolute Gasteiger partial charge is 0.335 e. The van der Waals surface area contributed by atoms with Crippen LogP contribution in [-0.2, 0) is 11.4 Å². The summed E-state index contributed by atoms with van der Waals surface area (Å²) in [6, 6.07) is 22.4. The first-order chi connectivity index (χ1) is 14.9. The highest BCUT2D eigenvalue weighted by molar-refractivity contribution is 9.10. The van der Waals surface area contributed by atoms with Crippen LogP contribution in [0.25, 0.3) is 6.08 Å². The number of anilines is 1. The average Bonchev–Trinajstić information content (AvgIpc) is 2.77. The van der Waals surface area contributed by atoms with Crippen molar-refractivity contribution in [2.45, 2.75) is 6.61 Å². The Kier molecular flexibility index (Phi) is 7.20. The monoisotopic (exact) mass is 476 g/mol. The lowest BCUT2D eigenvalue weighted by Gasteiger charge is -2.08. The molecule has 0 aliphatic heterocycles. The molecule has 0 aromatic heterocycles. The number of nitrogens with one attached hydrogen (secondary N) is 1. The molecule has 3 aromatic rings. The zero-order chi connectivity index (χ0) is 22.2. The number of carbonyl (C=O) groups excluding carboxylic acids is 1. The summed E-state index contributed by atoms with van der Waals surface area (Å²) in [5, 5.41) is 21.1. The molecule has 0 aliphatic rings. The first kappa shape index (κ1) is 21.8. The molecule has 0 aliphatic carbocycles. The van der Waals surface area contributed by atoms with Gasteiger partial charge in [-0.2, -0.15) is 5.26 Å². The lowest BCUT2D eigenvalue weighted by molar-refractivity contribution is -0.112. The molecule has 0 radical (unpaired) electrons. The summed E-state index contributed by atoms with van der Waals surface area (Å²) >= 11 is 3.34. The molecular formula is C24H17BrN2O4. The predicted octanol–water partition coefficient (Wildman–Crippen LogP) is 5.27. The average molecular weight is 477 g/mol. The third-order valence-electron chi connectivity index (χ3n) is 4.22. The van der Waals surface area contributed by atoms with Crippen molar-refractivity contribution in [1.29, 1.82) is 5.26 Å². The van der Waals surface area contributed by atoms with Gasteiger partial charge >= 0.3 is 5.97 Å². The van der Waals surface area contributed by atoms with E-state index in [2.05, 4.69) is 21.2 Å². The molecule has 154 valence electrons. The number of hydrogen-bond acceptors (Lipinski definition) is 4. The van der Waals surface area contributed by atoms with Crippen molar-refractivity contribution in [1.82, 2.24) is 0 Å². The van der Waals surface area contributed by atoms with Gasteiger partial charge in [-0.25, -0.2) is 4.79 Å². The molecule has 3 rings (SSSR count). The topological polar surface area (TPSA) is 99.4 Å². The number of halogens is 1. The maximum Gasteiger partial charge on any atom is 0.335 e. The summed E-state index contributed by atoms with van der Waals surface area (Å²) in [6.07, 6.45) is 1.49. The van der Waals surface area contributed by atoms with Crippen LogP contribution in [0.5, 0.6) is 5.75 Å². The predicted molar refractivity (Wildman–Crippen MR) is 121 cm³/mol. The number of carboxylic acid groups (broad SMARTS) is 1. The minimum atomic E-state index is -0.991. The van der Waals surface area contributed by atoms with Crippen LogP contribution in [0, 0.1) is 11.3 Å². The van der Waals surface area contributed by atoms with Crippen molar-refractivity contribution in [2.24, 2.45) is 0 Å². The second kappa shape index (κ2) is 10.2. The number of nitrogens with zero attached hydrogens (tertiary/aromatic N) is 1. The zero-order valence-electron chi connectivity index (χ0n) is 16.2. The minimum absolute atomic E-state index is 0.0286. The Bertz CT molecular complexity index is 1180. The van der Waals surface area contributed by atoms with Crippen LogP contribution in [0.1, 0.15) is 21.5 Å².